The van der Waals surface area contributed by atoms with Gasteiger partial charge in [0, 0.05) is 14.1 Å². The number of hydrogen-bond donors (Lipinski definition) is 0. The molecule has 20 heavy (non-hydrogen) atoms. The molecule has 1 aromatic carbocycles. The molecule has 1 rings (SSSR count). The second kappa shape index (κ2) is 7.93. The summed E-state index contributed by atoms with van der Waals surface area (Å²) < 4.78 is 5.89. The highest BCUT2D eigenvalue weighted by Crippen LogP contribution is 2.28. The average Bonchev–Trinajstić information content (AvgIpc) is 2.36. The van der Waals surface area contributed by atoms with Gasteiger partial charge in [0.1, 0.15) is 5.75 Å². The van der Waals surface area contributed by atoms with Crippen LogP contribution in [0.15, 0.2) is 17.1 Å². The Hall–Kier alpha value is -1.51. The zero-order valence-corrected chi connectivity index (χ0v) is 13.7. The van der Waals surface area contributed by atoms with E-state index in [1.165, 1.54) is 6.42 Å². The van der Waals surface area contributed by atoms with E-state index in [9.17, 15) is 0 Å². The van der Waals surface area contributed by atoms with Crippen molar-refractivity contribution in [2.45, 2.75) is 40.5 Å². The molecule has 0 unspecified atom stereocenters. The summed E-state index contributed by atoms with van der Waals surface area (Å²) in [6, 6.07) is 4.18. The summed E-state index contributed by atoms with van der Waals surface area (Å²) in [4.78, 5) is 6.41. The number of ether oxygens (including phenoxy) is 1. The lowest BCUT2D eigenvalue weighted by molar-refractivity contribution is 0.296. The van der Waals surface area contributed by atoms with Crippen LogP contribution >= 0.6 is 0 Å². The molecule has 3 nitrogen and oxygen atoms in total. The minimum absolute atomic E-state index is 0.740. The fourth-order valence-corrected chi connectivity index (χ4v) is 1.92. The van der Waals surface area contributed by atoms with Gasteiger partial charge in [-0.15, -0.1) is 0 Å². The molecule has 0 saturated carbocycles. The van der Waals surface area contributed by atoms with Gasteiger partial charge in [-0.1, -0.05) is 13.8 Å². The zero-order valence-electron chi connectivity index (χ0n) is 13.7. The summed E-state index contributed by atoms with van der Waals surface area (Å²) in [5.74, 6) is 1.72. The van der Waals surface area contributed by atoms with E-state index in [1.807, 2.05) is 25.3 Å². The number of hydrogen-bond acceptors (Lipinski definition) is 2. The molecule has 0 radical (unpaired) electrons. The standard InChI is InChI=1S/C17H28N2O/c1-13(2)8-7-9-20-17-11-14(3)16(10-15(17)4)18-12-19(5)6/h10-13H,7-9H2,1-6H3/b18-12+. The Morgan fingerprint density at radius 1 is 1.20 bits per heavy atom. The molecular weight excluding hydrogens is 248 g/mol. The molecule has 0 atom stereocenters. The number of aliphatic imine (C=N–C) groups is 1. The highest BCUT2D eigenvalue weighted by atomic mass is 16.5. The molecule has 0 saturated heterocycles. The lowest BCUT2D eigenvalue weighted by Gasteiger charge is -2.12. The van der Waals surface area contributed by atoms with Crippen molar-refractivity contribution >= 4 is 12.0 Å². The van der Waals surface area contributed by atoms with Crippen molar-refractivity contribution in [3.8, 4) is 5.75 Å². The Balaban J connectivity index is 2.68. The van der Waals surface area contributed by atoms with Crippen molar-refractivity contribution in [2.75, 3.05) is 20.7 Å². The molecule has 0 heterocycles. The maximum absolute atomic E-state index is 5.89. The third kappa shape index (κ3) is 5.64. The molecule has 0 aliphatic rings. The largest absolute Gasteiger partial charge is 0.493 e. The quantitative estimate of drug-likeness (QED) is 0.420. The monoisotopic (exact) mass is 276 g/mol. The third-order valence-corrected chi connectivity index (χ3v) is 3.10. The maximum Gasteiger partial charge on any atom is 0.122 e. The molecule has 0 spiro atoms. The fourth-order valence-electron chi connectivity index (χ4n) is 1.92. The van der Waals surface area contributed by atoms with Crippen molar-refractivity contribution in [3.63, 3.8) is 0 Å². The van der Waals surface area contributed by atoms with E-state index in [4.69, 9.17) is 4.74 Å². The molecule has 0 amide bonds. The normalized spacial score (nSPS) is 11.3. The molecule has 0 N–H and O–H groups in total. The van der Waals surface area contributed by atoms with Crippen LogP contribution in [0.3, 0.4) is 0 Å². The maximum atomic E-state index is 5.89. The highest BCUT2D eigenvalue weighted by molar-refractivity contribution is 5.64. The third-order valence-electron chi connectivity index (χ3n) is 3.10. The lowest BCUT2D eigenvalue weighted by Crippen LogP contribution is -2.07. The van der Waals surface area contributed by atoms with Crippen molar-refractivity contribution < 1.29 is 4.74 Å². The summed E-state index contributed by atoms with van der Waals surface area (Å²) >= 11 is 0. The van der Waals surface area contributed by atoms with Gasteiger partial charge < -0.3 is 9.64 Å². The second-order valence-corrected chi connectivity index (χ2v) is 6.00. The average molecular weight is 276 g/mol. The van der Waals surface area contributed by atoms with Gasteiger partial charge in [-0.25, -0.2) is 4.99 Å². The van der Waals surface area contributed by atoms with Crippen LogP contribution in [0.1, 0.15) is 37.8 Å². The SMILES string of the molecule is Cc1cc(OCCCC(C)C)c(C)cc1/N=C/N(C)C. The molecule has 1 aromatic rings. The summed E-state index contributed by atoms with van der Waals surface area (Å²) in [6.07, 6.45) is 4.14. The Morgan fingerprint density at radius 3 is 2.50 bits per heavy atom. The van der Waals surface area contributed by atoms with Crippen molar-refractivity contribution in [2.24, 2.45) is 10.9 Å². The summed E-state index contributed by atoms with van der Waals surface area (Å²) in [6.45, 7) is 9.42. The molecule has 0 aromatic heterocycles. The molecule has 0 aliphatic carbocycles. The molecule has 3 heteroatoms. The Labute approximate surface area is 123 Å². The van der Waals surface area contributed by atoms with Gasteiger partial charge in [0.2, 0.25) is 0 Å². The smallest absolute Gasteiger partial charge is 0.122 e. The number of rotatable bonds is 7. The first-order chi connectivity index (χ1) is 9.40. The minimum Gasteiger partial charge on any atom is -0.493 e. The van der Waals surface area contributed by atoms with Crippen LogP contribution in [0, 0.1) is 19.8 Å². The van der Waals surface area contributed by atoms with Crippen LogP contribution in [0.2, 0.25) is 0 Å². The van der Waals surface area contributed by atoms with Crippen molar-refractivity contribution in [1.82, 2.24) is 4.90 Å². The van der Waals surface area contributed by atoms with E-state index in [-0.39, 0.29) is 0 Å². The molecule has 112 valence electrons. The van der Waals surface area contributed by atoms with Gasteiger partial charge in [-0.2, -0.15) is 0 Å². The van der Waals surface area contributed by atoms with E-state index >= 15 is 0 Å². The first-order valence-corrected chi connectivity index (χ1v) is 7.34. The highest BCUT2D eigenvalue weighted by Gasteiger charge is 2.05. The van der Waals surface area contributed by atoms with Gasteiger partial charge in [0.05, 0.1) is 18.6 Å². The second-order valence-electron chi connectivity index (χ2n) is 6.00. The zero-order chi connectivity index (χ0) is 15.1. The molecule has 0 fully saturated rings. The van der Waals surface area contributed by atoms with E-state index in [2.05, 4.69) is 44.8 Å². The Bertz CT molecular complexity index is 451. The Morgan fingerprint density at radius 2 is 1.90 bits per heavy atom. The summed E-state index contributed by atoms with van der Waals surface area (Å²) in [5, 5.41) is 0. The van der Waals surface area contributed by atoms with Crippen molar-refractivity contribution in [3.05, 3.63) is 23.3 Å². The predicted octanol–water partition coefficient (Wildman–Crippen LogP) is 4.34. The van der Waals surface area contributed by atoms with Crippen LogP contribution < -0.4 is 4.74 Å². The van der Waals surface area contributed by atoms with Crippen molar-refractivity contribution in [1.29, 1.82) is 0 Å². The van der Waals surface area contributed by atoms with Gasteiger partial charge in [-0.05, 0) is 55.9 Å². The van der Waals surface area contributed by atoms with E-state index < -0.39 is 0 Å². The molecular formula is C17H28N2O. The van der Waals surface area contributed by atoms with Crippen LogP contribution in [0.5, 0.6) is 5.75 Å². The summed E-state index contributed by atoms with van der Waals surface area (Å²) in [7, 11) is 3.94. The number of nitrogens with zero attached hydrogens (tertiary/aromatic N) is 2. The van der Waals surface area contributed by atoms with Gasteiger partial charge in [-0.3, -0.25) is 0 Å². The molecule has 0 aliphatic heterocycles. The topological polar surface area (TPSA) is 24.8 Å². The fraction of sp³-hybridized carbons (Fsp3) is 0.588. The van der Waals surface area contributed by atoms with E-state index in [0.29, 0.717) is 0 Å². The first-order valence-electron chi connectivity index (χ1n) is 7.34. The summed E-state index contributed by atoms with van der Waals surface area (Å²) in [5.41, 5.74) is 3.30. The molecule has 0 bridgehead atoms. The van der Waals surface area contributed by atoms with Gasteiger partial charge in [0.25, 0.3) is 0 Å². The van der Waals surface area contributed by atoms with Crippen LogP contribution in [0.4, 0.5) is 5.69 Å². The predicted molar refractivity (Wildman–Crippen MR) is 87.3 cm³/mol. The number of aryl methyl sites for hydroxylation is 2. The van der Waals surface area contributed by atoms with Crippen LogP contribution in [-0.2, 0) is 0 Å². The Kier molecular flexibility index (Phi) is 6.56. The van der Waals surface area contributed by atoms with Gasteiger partial charge in [0.15, 0.2) is 0 Å². The van der Waals surface area contributed by atoms with Crippen LogP contribution in [0.25, 0.3) is 0 Å². The van der Waals surface area contributed by atoms with E-state index in [0.717, 1.165) is 41.5 Å². The van der Waals surface area contributed by atoms with Crippen LogP contribution in [-0.4, -0.2) is 31.9 Å². The lowest BCUT2D eigenvalue weighted by atomic mass is 10.1. The minimum atomic E-state index is 0.740. The number of benzene rings is 1. The van der Waals surface area contributed by atoms with Gasteiger partial charge >= 0.3 is 0 Å². The van der Waals surface area contributed by atoms with E-state index in [1.54, 1.807) is 0 Å². The first kappa shape index (κ1) is 16.5.